The zero-order valence-electron chi connectivity index (χ0n) is 14.3. The van der Waals surface area contributed by atoms with Crippen LogP contribution in [0.25, 0.3) is 11.3 Å². The molecule has 3 rings (SSSR count). The van der Waals surface area contributed by atoms with Crippen LogP contribution in [0.2, 0.25) is 5.02 Å². The van der Waals surface area contributed by atoms with Gasteiger partial charge >= 0.3 is 0 Å². The van der Waals surface area contributed by atoms with Gasteiger partial charge in [0.25, 0.3) is 0 Å². The topological polar surface area (TPSA) is 34.4 Å². The van der Waals surface area contributed by atoms with E-state index in [2.05, 4.69) is 5.32 Å². The van der Waals surface area contributed by atoms with Crippen molar-refractivity contribution in [1.82, 2.24) is 5.32 Å². The monoisotopic (exact) mass is 395 g/mol. The molecule has 0 aliphatic heterocycles. The van der Waals surface area contributed by atoms with Crippen LogP contribution < -0.4 is 10.1 Å². The Morgan fingerprint density at radius 3 is 2.65 bits per heavy atom. The molecular weight excluding hydrogens is 376 g/mol. The number of benzene rings is 2. The summed E-state index contributed by atoms with van der Waals surface area (Å²) in [5.74, 6) is 2.03. The van der Waals surface area contributed by atoms with Gasteiger partial charge in [-0.1, -0.05) is 29.8 Å². The lowest BCUT2D eigenvalue weighted by Gasteiger charge is -2.05. The predicted octanol–water partition coefficient (Wildman–Crippen LogP) is 5.50. The number of rotatable bonds is 7. The van der Waals surface area contributed by atoms with Gasteiger partial charge in [-0.15, -0.1) is 12.4 Å². The first-order valence-corrected chi connectivity index (χ1v) is 8.42. The highest BCUT2D eigenvalue weighted by Gasteiger charge is 2.08. The number of hydrogen-bond donors (Lipinski definition) is 1. The molecule has 3 aromatic rings. The Hall–Kier alpha value is -2.01. The molecule has 2 aromatic carbocycles. The standard InChI is InChI=1S/C20H19ClFNO2.ClH/c1-24-20-8-6-15(12-17(20)21)19-9-7-16(25-19)13-23-11-10-14-4-2-3-5-18(14)22;/h2-9,12,23H,10-11,13H2,1H3;1H. The first-order valence-electron chi connectivity index (χ1n) is 8.04. The lowest BCUT2D eigenvalue weighted by molar-refractivity contribution is 0.415. The fourth-order valence-electron chi connectivity index (χ4n) is 2.58. The zero-order valence-corrected chi connectivity index (χ0v) is 15.9. The van der Waals surface area contributed by atoms with E-state index in [0.29, 0.717) is 35.8 Å². The fraction of sp³-hybridized carbons (Fsp3) is 0.200. The molecule has 0 aliphatic rings. The van der Waals surface area contributed by atoms with Crippen LogP contribution in [0.15, 0.2) is 59.0 Å². The fourth-order valence-corrected chi connectivity index (χ4v) is 2.84. The van der Waals surface area contributed by atoms with Crippen LogP contribution in [-0.2, 0) is 13.0 Å². The minimum Gasteiger partial charge on any atom is -0.495 e. The Balaban J connectivity index is 0.00000243. The molecule has 138 valence electrons. The Labute approximate surface area is 163 Å². The highest BCUT2D eigenvalue weighted by Crippen LogP contribution is 2.31. The Kier molecular flexibility index (Phi) is 7.51. The SMILES string of the molecule is COc1ccc(-c2ccc(CNCCc3ccccc3F)o2)cc1Cl.Cl. The van der Waals surface area contributed by atoms with E-state index in [1.807, 2.05) is 36.4 Å². The largest absolute Gasteiger partial charge is 0.495 e. The number of methoxy groups -OCH3 is 1. The third-order valence-electron chi connectivity index (χ3n) is 3.93. The van der Waals surface area contributed by atoms with E-state index in [4.69, 9.17) is 20.8 Å². The highest BCUT2D eigenvalue weighted by atomic mass is 35.5. The second-order valence-electron chi connectivity index (χ2n) is 5.63. The van der Waals surface area contributed by atoms with Crippen LogP contribution in [0.3, 0.4) is 0 Å². The van der Waals surface area contributed by atoms with Gasteiger partial charge in [-0.2, -0.15) is 0 Å². The van der Waals surface area contributed by atoms with Crippen LogP contribution in [0.1, 0.15) is 11.3 Å². The van der Waals surface area contributed by atoms with Crippen molar-refractivity contribution < 1.29 is 13.5 Å². The van der Waals surface area contributed by atoms with Gasteiger partial charge in [-0.05, 0) is 54.9 Å². The van der Waals surface area contributed by atoms with Crippen molar-refractivity contribution in [2.24, 2.45) is 0 Å². The predicted molar refractivity (Wildman–Crippen MR) is 105 cm³/mol. The van der Waals surface area contributed by atoms with Crippen molar-refractivity contribution in [2.75, 3.05) is 13.7 Å². The average Bonchev–Trinajstić information content (AvgIpc) is 3.09. The van der Waals surface area contributed by atoms with Crippen LogP contribution >= 0.6 is 24.0 Å². The lowest BCUT2D eigenvalue weighted by atomic mass is 10.1. The van der Waals surface area contributed by atoms with E-state index < -0.39 is 0 Å². The molecule has 1 heterocycles. The second kappa shape index (κ2) is 9.62. The van der Waals surface area contributed by atoms with Gasteiger partial charge in [0.15, 0.2) is 0 Å². The maximum Gasteiger partial charge on any atom is 0.137 e. The Bertz CT molecular complexity index is 851. The van der Waals surface area contributed by atoms with E-state index in [1.165, 1.54) is 6.07 Å². The molecule has 0 aliphatic carbocycles. The minimum atomic E-state index is -0.166. The van der Waals surface area contributed by atoms with Gasteiger partial charge in [0.2, 0.25) is 0 Å². The molecule has 3 nitrogen and oxygen atoms in total. The van der Waals surface area contributed by atoms with Gasteiger partial charge in [0, 0.05) is 5.56 Å². The average molecular weight is 396 g/mol. The smallest absolute Gasteiger partial charge is 0.137 e. The van der Waals surface area contributed by atoms with Crippen LogP contribution in [0.4, 0.5) is 4.39 Å². The Morgan fingerprint density at radius 1 is 1.12 bits per heavy atom. The molecule has 0 saturated heterocycles. The normalized spacial score (nSPS) is 10.4. The number of ether oxygens (including phenoxy) is 1. The summed E-state index contributed by atoms with van der Waals surface area (Å²) in [5.41, 5.74) is 1.60. The first-order chi connectivity index (χ1) is 12.2. The van der Waals surface area contributed by atoms with Crippen molar-refractivity contribution in [3.63, 3.8) is 0 Å². The summed E-state index contributed by atoms with van der Waals surface area (Å²) in [7, 11) is 1.58. The van der Waals surface area contributed by atoms with Crippen LogP contribution in [-0.4, -0.2) is 13.7 Å². The third kappa shape index (κ3) is 5.01. The third-order valence-corrected chi connectivity index (χ3v) is 4.22. The molecule has 0 spiro atoms. The summed E-state index contributed by atoms with van der Waals surface area (Å²) in [6.45, 7) is 1.25. The zero-order chi connectivity index (χ0) is 17.6. The second-order valence-corrected chi connectivity index (χ2v) is 6.04. The van der Waals surface area contributed by atoms with E-state index in [1.54, 1.807) is 19.2 Å². The van der Waals surface area contributed by atoms with Gasteiger partial charge in [0.05, 0.1) is 18.7 Å². The van der Waals surface area contributed by atoms with Crippen molar-refractivity contribution >= 4 is 24.0 Å². The van der Waals surface area contributed by atoms with Crippen molar-refractivity contribution in [2.45, 2.75) is 13.0 Å². The lowest BCUT2D eigenvalue weighted by Crippen LogP contribution is -2.16. The molecule has 0 bridgehead atoms. The number of nitrogens with one attached hydrogen (secondary N) is 1. The van der Waals surface area contributed by atoms with Crippen molar-refractivity contribution in [1.29, 1.82) is 0 Å². The van der Waals surface area contributed by atoms with E-state index in [0.717, 1.165) is 17.1 Å². The van der Waals surface area contributed by atoms with Gasteiger partial charge < -0.3 is 14.5 Å². The number of furan rings is 1. The summed E-state index contributed by atoms with van der Waals surface area (Å²) < 4.78 is 24.5. The van der Waals surface area contributed by atoms with E-state index in [-0.39, 0.29) is 18.2 Å². The summed E-state index contributed by atoms with van der Waals surface area (Å²) in [5, 5.41) is 3.81. The Morgan fingerprint density at radius 2 is 1.92 bits per heavy atom. The summed E-state index contributed by atoms with van der Waals surface area (Å²) in [4.78, 5) is 0. The molecule has 0 saturated carbocycles. The minimum absolute atomic E-state index is 0. The summed E-state index contributed by atoms with van der Waals surface area (Å²) >= 11 is 6.15. The van der Waals surface area contributed by atoms with Crippen molar-refractivity contribution in [3.05, 3.63) is 76.8 Å². The first kappa shape index (κ1) is 20.3. The van der Waals surface area contributed by atoms with Crippen molar-refractivity contribution in [3.8, 4) is 17.1 Å². The maximum absolute atomic E-state index is 13.6. The van der Waals surface area contributed by atoms with Gasteiger partial charge in [-0.3, -0.25) is 0 Å². The molecule has 0 atom stereocenters. The van der Waals surface area contributed by atoms with E-state index >= 15 is 0 Å². The summed E-state index contributed by atoms with van der Waals surface area (Å²) in [6, 6.07) is 16.2. The van der Waals surface area contributed by atoms with Crippen LogP contribution in [0, 0.1) is 5.82 Å². The molecule has 26 heavy (non-hydrogen) atoms. The van der Waals surface area contributed by atoms with E-state index in [9.17, 15) is 4.39 Å². The van der Waals surface area contributed by atoms with Gasteiger partial charge in [-0.25, -0.2) is 4.39 Å². The molecule has 1 N–H and O–H groups in total. The van der Waals surface area contributed by atoms with Gasteiger partial charge in [0.1, 0.15) is 23.1 Å². The molecule has 6 heteroatoms. The molecular formula is C20H20Cl2FNO2. The molecule has 0 radical (unpaired) electrons. The number of halogens is 3. The van der Waals surface area contributed by atoms with Crippen LogP contribution in [0.5, 0.6) is 5.75 Å². The highest BCUT2D eigenvalue weighted by molar-refractivity contribution is 6.32. The molecule has 1 aromatic heterocycles. The molecule has 0 amide bonds. The maximum atomic E-state index is 13.6. The number of hydrogen-bond acceptors (Lipinski definition) is 3. The quantitative estimate of drug-likeness (QED) is 0.536. The molecule has 0 unspecified atom stereocenters. The molecule has 0 fully saturated rings. The summed E-state index contributed by atoms with van der Waals surface area (Å²) in [6.07, 6.45) is 0.633.